The standard InChI is InChI=1S/C26H22Cl3N3O2/c1-16-6-7-17(2)24(10-16)34-15-19-4-3-5-20(11-19)26(33)30-25-23(29)14-32(31-25)13-18-8-9-21(27)22(28)12-18/h3-12,14H,13,15H2,1-2H3,(H,30,31,33). The van der Waals surface area contributed by atoms with Crippen molar-refractivity contribution >= 4 is 46.5 Å². The van der Waals surface area contributed by atoms with Gasteiger partial charge in [0.1, 0.15) is 17.4 Å². The maximum atomic E-state index is 12.8. The van der Waals surface area contributed by atoms with Crippen LogP contribution in [0.4, 0.5) is 5.82 Å². The highest BCUT2D eigenvalue weighted by Gasteiger charge is 2.14. The molecule has 0 aliphatic rings. The quantitative estimate of drug-likeness (QED) is 0.281. The first-order valence-corrected chi connectivity index (χ1v) is 11.7. The zero-order valence-electron chi connectivity index (χ0n) is 18.6. The second kappa shape index (κ2) is 10.5. The number of carbonyl (C=O) groups excluding carboxylic acids is 1. The molecule has 0 spiro atoms. The second-order valence-corrected chi connectivity index (χ2v) is 9.21. The van der Waals surface area contributed by atoms with Gasteiger partial charge < -0.3 is 10.1 Å². The van der Waals surface area contributed by atoms with Crippen molar-refractivity contribution in [1.29, 1.82) is 0 Å². The van der Waals surface area contributed by atoms with Gasteiger partial charge in [0.25, 0.3) is 5.91 Å². The average molecular weight is 515 g/mol. The van der Waals surface area contributed by atoms with Crippen molar-refractivity contribution in [2.45, 2.75) is 27.0 Å². The predicted octanol–water partition coefficient (Wildman–Crippen LogP) is 7.34. The van der Waals surface area contributed by atoms with Gasteiger partial charge in [0.05, 0.1) is 16.6 Å². The molecular formula is C26H22Cl3N3O2. The normalized spacial score (nSPS) is 10.9. The summed E-state index contributed by atoms with van der Waals surface area (Å²) in [7, 11) is 0. The van der Waals surface area contributed by atoms with Crippen molar-refractivity contribution in [3.8, 4) is 5.75 Å². The number of carbonyl (C=O) groups is 1. The van der Waals surface area contributed by atoms with Crippen molar-refractivity contribution in [3.05, 3.63) is 110 Å². The van der Waals surface area contributed by atoms with Gasteiger partial charge in [0.2, 0.25) is 0 Å². The lowest BCUT2D eigenvalue weighted by molar-refractivity contribution is 0.102. The minimum Gasteiger partial charge on any atom is -0.489 e. The van der Waals surface area contributed by atoms with Gasteiger partial charge in [-0.05, 0) is 66.4 Å². The highest BCUT2D eigenvalue weighted by atomic mass is 35.5. The fourth-order valence-electron chi connectivity index (χ4n) is 3.39. The lowest BCUT2D eigenvalue weighted by Crippen LogP contribution is -2.13. The maximum absolute atomic E-state index is 12.8. The molecule has 0 saturated carbocycles. The molecule has 0 atom stereocenters. The molecule has 4 rings (SSSR count). The molecule has 1 N–H and O–H groups in total. The summed E-state index contributed by atoms with van der Waals surface area (Å²) in [6.07, 6.45) is 1.65. The number of amides is 1. The van der Waals surface area contributed by atoms with Crippen molar-refractivity contribution in [3.63, 3.8) is 0 Å². The lowest BCUT2D eigenvalue weighted by atomic mass is 10.1. The Balaban J connectivity index is 1.42. The highest BCUT2D eigenvalue weighted by Crippen LogP contribution is 2.25. The summed E-state index contributed by atoms with van der Waals surface area (Å²) >= 11 is 18.4. The van der Waals surface area contributed by atoms with Crippen LogP contribution < -0.4 is 10.1 Å². The number of anilines is 1. The van der Waals surface area contributed by atoms with Gasteiger partial charge in [0.15, 0.2) is 5.82 Å². The fourth-order valence-corrected chi connectivity index (χ4v) is 3.91. The number of aryl methyl sites for hydroxylation is 2. The molecular weight excluding hydrogens is 493 g/mol. The molecule has 0 unspecified atom stereocenters. The zero-order chi connectivity index (χ0) is 24.2. The van der Waals surface area contributed by atoms with E-state index in [1.165, 1.54) is 0 Å². The van der Waals surface area contributed by atoms with E-state index in [1.54, 1.807) is 35.1 Å². The summed E-state index contributed by atoms with van der Waals surface area (Å²) in [6, 6.07) is 18.7. The first kappa shape index (κ1) is 24.1. The molecule has 1 heterocycles. The molecule has 34 heavy (non-hydrogen) atoms. The van der Waals surface area contributed by atoms with Gasteiger partial charge >= 0.3 is 0 Å². The van der Waals surface area contributed by atoms with Crippen molar-refractivity contribution in [1.82, 2.24) is 9.78 Å². The number of hydrogen-bond donors (Lipinski definition) is 1. The van der Waals surface area contributed by atoms with Crippen LogP contribution in [0.25, 0.3) is 0 Å². The third-order valence-electron chi connectivity index (χ3n) is 5.20. The fraction of sp³-hybridized carbons (Fsp3) is 0.154. The summed E-state index contributed by atoms with van der Waals surface area (Å²) in [5.41, 5.74) is 4.46. The molecule has 0 fully saturated rings. The minimum atomic E-state index is -0.310. The van der Waals surface area contributed by atoms with E-state index >= 15 is 0 Å². The number of nitrogens with zero attached hydrogens (tertiary/aromatic N) is 2. The number of halogens is 3. The van der Waals surface area contributed by atoms with E-state index in [0.29, 0.717) is 33.8 Å². The maximum Gasteiger partial charge on any atom is 0.256 e. The van der Waals surface area contributed by atoms with Crippen molar-refractivity contribution in [2.75, 3.05) is 5.32 Å². The Hall–Kier alpha value is -2.99. The summed E-state index contributed by atoms with van der Waals surface area (Å²) in [5.74, 6) is 0.799. The Kier molecular flexibility index (Phi) is 7.47. The van der Waals surface area contributed by atoms with Gasteiger partial charge in [-0.2, -0.15) is 5.10 Å². The summed E-state index contributed by atoms with van der Waals surface area (Å²) in [4.78, 5) is 12.8. The molecule has 1 aromatic heterocycles. The Labute approximate surface area is 213 Å². The molecule has 8 heteroatoms. The molecule has 3 aromatic carbocycles. The molecule has 0 saturated heterocycles. The van der Waals surface area contributed by atoms with E-state index in [-0.39, 0.29) is 11.7 Å². The minimum absolute atomic E-state index is 0.281. The van der Waals surface area contributed by atoms with E-state index in [2.05, 4.69) is 10.4 Å². The second-order valence-electron chi connectivity index (χ2n) is 7.98. The van der Waals surface area contributed by atoms with Crippen molar-refractivity contribution < 1.29 is 9.53 Å². The van der Waals surface area contributed by atoms with Gasteiger partial charge in [-0.25, -0.2) is 0 Å². The monoisotopic (exact) mass is 513 g/mol. The van der Waals surface area contributed by atoms with Gasteiger partial charge in [-0.15, -0.1) is 0 Å². The lowest BCUT2D eigenvalue weighted by Gasteiger charge is -2.11. The van der Waals surface area contributed by atoms with Crippen LogP contribution in [-0.4, -0.2) is 15.7 Å². The molecule has 0 radical (unpaired) electrons. The first-order chi connectivity index (χ1) is 16.3. The smallest absolute Gasteiger partial charge is 0.256 e. The van der Waals surface area contributed by atoms with Crippen molar-refractivity contribution in [2.24, 2.45) is 0 Å². The number of aromatic nitrogens is 2. The van der Waals surface area contributed by atoms with Crippen LogP contribution in [0.15, 0.2) is 66.9 Å². The number of benzene rings is 3. The van der Waals surface area contributed by atoms with E-state index < -0.39 is 0 Å². The molecule has 4 aromatic rings. The highest BCUT2D eigenvalue weighted by molar-refractivity contribution is 6.42. The third kappa shape index (κ3) is 5.92. The Bertz CT molecular complexity index is 1350. The average Bonchev–Trinajstić information content (AvgIpc) is 3.15. The summed E-state index contributed by atoms with van der Waals surface area (Å²) < 4.78 is 7.60. The van der Waals surface area contributed by atoms with Gasteiger partial charge in [0, 0.05) is 11.8 Å². The number of hydrogen-bond acceptors (Lipinski definition) is 3. The van der Waals surface area contributed by atoms with Gasteiger partial charge in [-0.1, -0.05) is 65.1 Å². The Morgan fingerprint density at radius 1 is 0.941 bits per heavy atom. The van der Waals surface area contributed by atoms with Crippen LogP contribution in [0, 0.1) is 13.8 Å². The van der Waals surface area contributed by atoms with Crippen LogP contribution in [0.2, 0.25) is 15.1 Å². The third-order valence-corrected chi connectivity index (χ3v) is 6.22. The molecule has 5 nitrogen and oxygen atoms in total. The summed E-state index contributed by atoms with van der Waals surface area (Å²) in [6.45, 7) is 4.81. The van der Waals surface area contributed by atoms with Crippen LogP contribution in [0.1, 0.15) is 32.6 Å². The van der Waals surface area contributed by atoms with Crippen LogP contribution in [0.3, 0.4) is 0 Å². The molecule has 0 aliphatic carbocycles. The largest absolute Gasteiger partial charge is 0.489 e. The predicted molar refractivity (Wildman–Crippen MR) is 137 cm³/mol. The topological polar surface area (TPSA) is 56.1 Å². The van der Waals surface area contributed by atoms with E-state index in [4.69, 9.17) is 39.5 Å². The Morgan fingerprint density at radius 3 is 2.56 bits per heavy atom. The number of nitrogens with one attached hydrogen (secondary N) is 1. The van der Waals surface area contributed by atoms with E-state index in [0.717, 1.165) is 28.0 Å². The Morgan fingerprint density at radius 2 is 1.76 bits per heavy atom. The summed E-state index contributed by atoms with van der Waals surface area (Å²) in [5, 5.41) is 8.46. The molecule has 1 amide bonds. The zero-order valence-corrected chi connectivity index (χ0v) is 20.9. The van der Waals surface area contributed by atoms with Crippen LogP contribution in [-0.2, 0) is 13.2 Å². The number of ether oxygens (including phenoxy) is 1. The van der Waals surface area contributed by atoms with E-state index in [9.17, 15) is 4.79 Å². The van der Waals surface area contributed by atoms with Crippen LogP contribution in [0.5, 0.6) is 5.75 Å². The SMILES string of the molecule is Cc1ccc(C)c(OCc2cccc(C(=O)Nc3nn(Cc4ccc(Cl)c(Cl)c4)cc3Cl)c2)c1. The molecule has 0 bridgehead atoms. The molecule has 174 valence electrons. The number of rotatable bonds is 7. The van der Waals surface area contributed by atoms with Crippen LogP contribution >= 0.6 is 34.8 Å². The first-order valence-electron chi connectivity index (χ1n) is 10.6. The van der Waals surface area contributed by atoms with E-state index in [1.807, 2.05) is 50.2 Å². The van der Waals surface area contributed by atoms with Gasteiger partial charge in [-0.3, -0.25) is 9.48 Å². The molecule has 0 aliphatic heterocycles.